The Morgan fingerprint density at radius 3 is 2.68 bits per heavy atom. The number of primary sulfonamides is 1. The molecule has 1 aromatic carbocycles. The third-order valence-corrected chi connectivity index (χ3v) is 7.92. The van der Waals surface area contributed by atoms with Crippen molar-refractivity contribution in [2.45, 2.75) is 34.8 Å². The second-order valence-electron chi connectivity index (χ2n) is 7.77. The van der Waals surface area contributed by atoms with Crippen LogP contribution in [-0.2, 0) is 20.0 Å². The molecule has 9 N–H and O–H groups in total. The maximum Gasteiger partial charge on any atom is 0.242 e. The Kier molecular flexibility index (Phi) is 8.52. The summed E-state index contributed by atoms with van der Waals surface area (Å²) >= 11 is 0. The van der Waals surface area contributed by atoms with Crippen LogP contribution in [0, 0.1) is 0 Å². The highest BCUT2D eigenvalue weighted by Crippen LogP contribution is 2.39. The predicted molar refractivity (Wildman–Crippen MR) is 122 cm³/mol. The van der Waals surface area contributed by atoms with Crippen LogP contribution in [0.3, 0.4) is 0 Å². The number of hydrogen-bond donors (Lipinski definition) is 7. The van der Waals surface area contributed by atoms with Crippen LogP contribution in [0.1, 0.15) is 12.8 Å². The molecule has 0 bridgehead atoms. The molecular weight excluding hydrogens is 490 g/mol. The molecule has 1 saturated heterocycles. The number of piperidine rings is 1. The molecule has 15 nitrogen and oxygen atoms in total. The fourth-order valence-electron chi connectivity index (χ4n) is 3.79. The van der Waals surface area contributed by atoms with E-state index in [0.717, 1.165) is 18.9 Å². The molecule has 0 saturated carbocycles. The van der Waals surface area contributed by atoms with Crippen molar-refractivity contribution < 1.29 is 27.0 Å². The second-order valence-corrected chi connectivity index (χ2v) is 11.0. The van der Waals surface area contributed by atoms with E-state index >= 15 is 0 Å². The Morgan fingerprint density at radius 2 is 2.06 bits per heavy atom. The number of H-pyrrole nitrogens is 1. The van der Waals surface area contributed by atoms with E-state index < -0.39 is 42.5 Å². The molecule has 1 unspecified atom stereocenters. The van der Waals surface area contributed by atoms with Crippen LogP contribution < -0.4 is 25.8 Å². The maximum atomic E-state index is 13.0. The standard InChI is InChI=1S/C17H29N9O6S2/c18-8-12(28)9-21-34(31,32)14-4-3-13(26-6-1-2-11(10-26)20-5-7-27)15(16(14)33(19,29)30)17-22-24-25-23-17/h3-4,11-12,20-21,27-28H,1-2,5-10,18H2,(H2,19,29,30)(H,22,23,24,25)/t11?,12-/m1/s1. The Labute approximate surface area is 197 Å². The van der Waals surface area contributed by atoms with E-state index in [-0.39, 0.29) is 30.6 Å². The van der Waals surface area contributed by atoms with Crippen LogP contribution in [0.5, 0.6) is 0 Å². The zero-order valence-electron chi connectivity index (χ0n) is 18.3. The number of tetrazole rings is 1. The van der Waals surface area contributed by atoms with Gasteiger partial charge in [-0.25, -0.2) is 26.7 Å². The van der Waals surface area contributed by atoms with Gasteiger partial charge in [0.15, 0.2) is 0 Å². The quantitative estimate of drug-likeness (QED) is 0.154. The number of nitrogens with two attached hydrogens (primary N) is 2. The lowest BCUT2D eigenvalue weighted by molar-refractivity contribution is 0.186. The van der Waals surface area contributed by atoms with Gasteiger partial charge in [-0.05, 0) is 30.2 Å². The molecule has 17 heteroatoms. The van der Waals surface area contributed by atoms with Crippen LogP contribution in [0.2, 0.25) is 0 Å². The van der Waals surface area contributed by atoms with Gasteiger partial charge in [0.1, 0.15) is 9.79 Å². The summed E-state index contributed by atoms with van der Waals surface area (Å²) in [5.74, 6) is -0.150. The van der Waals surface area contributed by atoms with E-state index in [0.29, 0.717) is 25.3 Å². The molecular formula is C17H29N9O6S2. The summed E-state index contributed by atoms with van der Waals surface area (Å²) in [7, 11) is -9.04. The second kappa shape index (κ2) is 11.0. The first-order chi connectivity index (χ1) is 16.1. The van der Waals surface area contributed by atoms with Crippen molar-refractivity contribution in [3.63, 3.8) is 0 Å². The third-order valence-electron chi connectivity index (χ3n) is 5.33. The van der Waals surface area contributed by atoms with E-state index in [1.165, 1.54) is 6.07 Å². The lowest BCUT2D eigenvalue weighted by Crippen LogP contribution is -2.46. The summed E-state index contributed by atoms with van der Waals surface area (Å²) in [5, 5.41) is 41.0. The minimum atomic E-state index is -4.61. The number of rotatable bonds is 11. The Hall–Kier alpha value is -2.25. The van der Waals surface area contributed by atoms with E-state index in [1.807, 2.05) is 4.90 Å². The molecule has 190 valence electrons. The van der Waals surface area contributed by atoms with Crippen LogP contribution in [0.25, 0.3) is 11.4 Å². The highest BCUT2D eigenvalue weighted by atomic mass is 32.2. The topological polar surface area (TPSA) is 243 Å². The summed E-state index contributed by atoms with van der Waals surface area (Å²) in [6, 6.07) is 2.61. The first kappa shape index (κ1) is 26.4. The summed E-state index contributed by atoms with van der Waals surface area (Å²) < 4.78 is 53.6. The van der Waals surface area contributed by atoms with Gasteiger partial charge in [0.25, 0.3) is 0 Å². The number of aliphatic hydroxyl groups excluding tert-OH is 2. The van der Waals surface area contributed by atoms with Crippen LogP contribution in [0.4, 0.5) is 5.69 Å². The van der Waals surface area contributed by atoms with Crippen molar-refractivity contribution in [1.82, 2.24) is 30.7 Å². The van der Waals surface area contributed by atoms with Crippen LogP contribution in [0.15, 0.2) is 21.9 Å². The highest BCUT2D eigenvalue weighted by molar-refractivity contribution is 7.92. The lowest BCUT2D eigenvalue weighted by atomic mass is 10.0. The fraction of sp³-hybridized carbons (Fsp3) is 0.588. The lowest BCUT2D eigenvalue weighted by Gasteiger charge is -2.36. The molecule has 34 heavy (non-hydrogen) atoms. The average Bonchev–Trinajstić information content (AvgIpc) is 3.34. The van der Waals surface area contributed by atoms with Crippen molar-refractivity contribution in [1.29, 1.82) is 0 Å². The van der Waals surface area contributed by atoms with Crippen molar-refractivity contribution in [3.8, 4) is 11.4 Å². The third kappa shape index (κ3) is 6.05. The number of aliphatic hydroxyl groups is 2. The van der Waals surface area contributed by atoms with Crippen molar-refractivity contribution in [2.24, 2.45) is 10.9 Å². The molecule has 3 rings (SSSR count). The largest absolute Gasteiger partial charge is 0.395 e. The number of aromatic amines is 1. The molecule has 1 aliphatic heterocycles. The van der Waals surface area contributed by atoms with Gasteiger partial charge in [-0.1, -0.05) is 0 Å². The molecule has 1 aromatic heterocycles. The zero-order valence-corrected chi connectivity index (χ0v) is 19.9. The van der Waals surface area contributed by atoms with Crippen molar-refractivity contribution >= 4 is 25.7 Å². The molecule has 2 heterocycles. The summed E-state index contributed by atoms with van der Waals surface area (Å²) in [6.45, 7) is 0.764. The van der Waals surface area contributed by atoms with Gasteiger partial charge in [0.05, 0.1) is 18.3 Å². The minimum absolute atomic E-state index is 0.0137. The van der Waals surface area contributed by atoms with Gasteiger partial charge in [-0.2, -0.15) is 5.21 Å². The van der Waals surface area contributed by atoms with Gasteiger partial charge in [-0.15, -0.1) is 10.2 Å². The normalized spacial score (nSPS) is 18.2. The number of nitrogens with zero attached hydrogens (tertiary/aromatic N) is 4. The Bertz CT molecular complexity index is 1170. The molecule has 0 amide bonds. The minimum Gasteiger partial charge on any atom is -0.395 e. The van der Waals surface area contributed by atoms with E-state index in [1.54, 1.807) is 0 Å². The molecule has 0 spiro atoms. The number of hydrogen-bond acceptors (Lipinski definition) is 12. The van der Waals surface area contributed by atoms with Gasteiger partial charge >= 0.3 is 0 Å². The SMILES string of the molecule is NC[C@@H](O)CNS(=O)(=O)c1ccc(N2CCCC(NCCO)C2)c(-c2nn[nH]n2)c1S(N)(=O)=O. The summed E-state index contributed by atoms with van der Waals surface area (Å²) in [4.78, 5) is 0.572. The van der Waals surface area contributed by atoms with E-state index in [2.05, 4.69) is 30.7 Å². The summed E-state index contributed by atoms with van der Waals surface area (Å²) in [5.41, 5.74) is 5.57. The van der Waals surface area contributed by atoms with Crippen LogP contribution in [-0.4, -0.2) is 99.1 Å². The number of anilines is 1. The number of aromatic nitrogens is 4. The van der Waals surface area contributed by atoms with E-state index in [9.17, 15) is 21.9 Å². The zero-order chi connectivity index (χ0) is 24.9. The van der Waals surface area contributed by atoms with Gasteiger partial charge in [0.2, 0.25) is 25.9 Å². The summed E-state index contributed by atoms with van der Waals surface area (Å²) in [6.07, 6.45) is 0.439. The molecule has 1 fully saturated rings. The van der Waals surface area contributed by atoms with Crippen molar-refractivity contribution in [2.75, 3.05) is 44.2 Å². The van der Waals surface area contributed by atoms with Crippen molar-refractivity contribution in [3.05, 3.63) is 12.1 Å². The fourth-order valence-corrected chi connectivity index (χ4v) is 6.46. The smallest absolute Gasteiger partial charge is 0.242 e. The van der Waals surface area contributed by atoms with Gasteiger partial charge < -0.3 is 26.2 Å². The molecule has 0 aliphatic carbocycles. The van der Waals surface area contributed by atoms with Gasteiger partial charge in [-0.3, -0.25) is 0 Å². The van der Waals surface area contributed by atoms with Crippen LogP contribution >= 0.6 is 0 Å². The molecule has 1 aliphatic rings. The first-order valence-electron chi connectivity index (χ1n) is 10.5. The van der Waals surface area contributed by atoms with Gasteiger partial charge in [0, 0.05) is 44.5 Å². The monoisotopic (exact) mass is 519 g/mol. The predicted octanol–water partition coefficient (Wildman–Crippen LogP) is -3.34. The molecule has 2 aromatic rings. The maximum absolute atomic E-state index is 13.0. The number of nitrogens with one attached hydrogen (secondary N) is 3. The number of benzene rings is 1. The highest BCUT2D eigenvalue weighted by Gasteiger charge is 2.34. The molecule has 2 atom stereocenters. The average molecular weight is 520 g/mol. The Morgan fingerprint density at radius 1 is 1.29 bits per heavy atom. The van der Waals surface area contributed by atoms with E-state index in [4.69, 9.17) is 16.0 Å². The molecule has 0 radical (unpaired) electrons. The Balaban J connectivity index is 2.16. The first-order valence-corrected chi connectivity index (χ1v) is 13.5. The number of sulfonamides is 2.